The van der Waals surface area contributed by atoms with Crippen LogP contribution in [-0.4, -0.2) is 22.9 Å². The van der Waals surface area contributed by atoms with Crippen molar-refractivity contribution in [3.8, 4) is 0 Å². The Balaban J connectivity index is 2.68. The zero-order valence-electron chi connectivity index (χ0n) is 9.16. The van der Waals surface area contributed by atoms with Crippen molar-refractivity contribution < 1.29 is 4.58 Å². The van der Waals surface area contributed by atoms with Gasteiger partial charge in [0.05, 0.1) is 5.41 Å². The molecule has 1 nitrogen and oxygen atoms in total. The van der Waals surface area contributed by atoms with Crippen molar-refractivity contribution in [2.45, 2.75) is 19.3 Å². The van der Waals surface area contributed by atoms with Gasteiger partial charge < -0.3 is 0 Å². The molecule has 0 bridgehead atoms. The zero-order valence-corrected chi connectivity index (χ0v) is 9.98. The van der Waals surface area contributed by atoms with Gasteiger partial charge in [0.15, 0.2) is 0 Å². The van der Waals surface area contributed by atoms with Crippen molar-refractivity contribution in [1.82, 2.24) is 0 Å². The van der Waals surface area contributed by atoms with Crippen LogP contribution >= 0.6 is 11.8 Å². The van der Waals surface area contributed by atoms with Crippen LogP contribution in [0.4, 0.5) is 5.69 Å². The molecule has 0 amide bonds. The number of para-hydroxylation sites is 1. The van der Waals surface area contributed by atoms with Crippen LogP contribution in [0.25, 0.3) is 0 Å². The van der Waals surface area contributed by atoms with Gasteiger partial charge in [0.1, 0.15) is 7.05 Å². The molecule has 0 aromatic heterocycles. The Bertz CT molecular complexity index is 405. The molecule has 1 heterocycles. The highest BCUT2D eigenvalue weighted by Crippen LogP contribution is 2.41. The molecule has 0 aliphatic carbocycles. The van der Waals surface area contributed by atoms with Gasteiger partial charge in [0.25, 0.3) is 0 Å². The minimum atomic E-state index is 0.171. The number of benzene rings is 1. The van der Waals surface area contributed by atoms with Crippen LogP contribution in [0.2, 0.25) is 0 Å². The normalized spacial score (nSPS) is 18.6. The average molecular weight is 206 g/mol. The van der Waals surface area contributed by atoms with Crippen molar-refractivity contribution in [3.05, 3.63) is 29.8 Å². The van der Waals surface area contributed by atoms with E-state index in [4.69, 9.17) is 0 Å². The van der Waals surface area contributed by atoms with Crippen LogP contribution in [0, 0.1) is 0 Å². The summed E-state index contributed by atoms with van der Waals surface area (Å²) in [5, 5.41) is 1.43. The lowest BCUT2D eigenvalue weighted by molar-refractivity contribution is -0.399. The summed E-state index contributed by atoms with van der Waals surface area (Å²) in [6.07, 6.45) is 2.15. The average Bonchev–Trinajstić information content (AvgIpc) is 2.36. The predicted octanol–water partition coefficient (Wildman–Crippen LogP) is 3.01. The highest BCUT2D eigenvalue weighted by molar-refractivity contribution is 8.13. The first-order chi connectivity index (χ1) is 6.59. The lowest BCUT2D eigenvalue weighted by Crippen LogP contribution is -2.25. The first-order valence-electron chi connectivity index (χ1n) is 4.83. The molecular formula is C12H16NS+. The highest BCUT2D eigenvalue weighted by atomic mass is 32.2. The first kappa shape index (κ1) is 9.78. The maximum atomic E-state index is 2.31. The van der Waals surface area contributed by atoms with Crippen LogP contribution in [0.1, 0.15) is 19.4 Å². The number of hydrogen-bond acceptors (Lipinski definition) is 1. The van der Waals surface area contributed by atoms with E-state index in [2.05, 4.69) is 56.0 Å². The van der Waals surface area contributed by atoms with Gasteiger partial charge in [0, 0.05) is 11.6 Å². The molecule has 0 saturated carbocycles. The second-order valence-corrected chi connectivity index (χ2v) is 5.01. The number of nitrogens with zero attached hydrogens (tertiary/aromatic N) is 1. The molecule has 0 spiro atoms. The Labute approximate surface area is 89.8 Å². The van der Waals surface area contributed by atoms with Crippen molar-refractivity contribution in [2.24, 2.45) is 0 Å². The Morgan fingerprint density at radius 3 is 2.43 bits per heavy atom. The highest BCUT2D eigenvalue weighted by Gasteiger charge is 2.43. The third-order valence-electron chi connectivity index (χ3n) is 2.97. The summed E-state index contributed by atoms with van der Waals surface area (Å²) in [7, 11) is 2.15. The van der Waals surface area contributed by atoms with Crippen LogP contribution in [0.3, 0.4) is 0 Å². The van der Waals surface area contributed by atoms with E-state index in [1.807, 2.05) is 11.8 Å². The van der Waals surface area contributed by atoms with Gasteiger partial charge in [-0.05, 0) is 20.1 Å². The Morgan fingerprint density at radius 1 is 1.21 bits per heavy atom. The maximum absolute atomic E-state index is 2.31. The van der Waals surface area contributed by atoms with E-state index in [9.17, 15) is 0 Å². The van der Waals surface area contributed by atoms with Crippen molar-refractivity contribution in [3.63, 3.8) is 0 Å². The van der Waals surface area contributed by atoms with Gasteiger partial charge in [-0.25, -0.2) is 0 Å². The standard InChI is InChI=1S/C12H16NS/c1-12(2)9-7-5-6-8-10(9)13(3)11(12)14-4/h5-8H,1-4H3/q+1. The van der Waals surface area contributed by atoms with Gasteiger partial charge in [0.2, 0.25) is 10.7 Å². The molecule has 1 aliphatic heterocycles. The minimum Gasteiger partial charge on any atom is -0.192 e. The summed E-state index contributed by atoms with van der Waals surface area (Å²) >= 11 is 1.85. The van der Waals surface area contributed by atoms with E-state index in [1.165, 1.54) is 16.3 Å². The predicted molar refractivity (Wildman–Crippen MR) is 63.8 cm³/mol. The molecule has 1 aromatic rings. The lowest BCUT2D eigenvalue weighted by Gasteiger charge is -2.15. The summed E-state index contributed by atoms with van der Waals surface area (Å²) in [5.41, 5.74) is 2.96. The maximum Gasteiger partial charge on any atom is 0.226 e. The summed E-state index contributed by atoms with van der Waals surface area (Å²) in [6, 6.07) is 8.65. The summed E-state index contributed by atoms with van der Waals surface area (Å²) < 4.78 is 2.31. The van der Waals surface area contributed by atoms with Gasteiger partial charge in [-0.3, -0.25) is 0 Å². The first-order valence-corrected chi connectivity index (χ1v) is 6.06. The smallest absolute Gasteiger partial charge is 0.192 e. The lowest BCUT2D eigenvalue weighted by atomic mass is 9.87. The van der Waals surface area contributed by atoms with Gasteiger partial charge >= 0.3 is 0 Å². The Morgan fingerprint density at radius 2 is 1.86 bits per heavy atom. The van der Waals surface area contributed by atoms with Crippen LogP contribution < -0.4 is 0 Å². The summed E-state index contributed by atoms with van der Waals surface area (Å²) in [4.78, 5) is 0. The fraction of sp³-hybridized carbons (Fsp3) is 0.417. The Kier molecular flexibility index (Phi) is 2.18. The molecule has 1 aromatic carbocycles. The number of fused-ring (bicyclic) bond motifs is 1. The third-order valence-corrected chi connectivity index (χ3v) is 4.14. The monoisotopic (exact) mass is 206 g/mol. The number of rotatable bonds is 0. The molecule has 0 N–H and O–H groups in total. The van der Waals surface area contributed by atoms with E-state index in [-0.39, 0.29) is 5.41 Å². The zero-order chi connectivity index (χ0) is 10.3. The quantitative estimate of drug-likeness (QED) is 0.590. The van der Waals surface area contributed by atoms with Crippen molar-refractivity contribution >= 4 is 22.5 Å². The minimum absolute atomic E-state index is 0.171. The fourth-order valence-corrected chi connectivity index (χ4v) is 3.32. The van der Waals surface area contributed by atoms with Crippen LogP contribution in [0.15, 0.2) is 24.3 Å². The van der Waals surface area contributed by atoms with Gasteiger partial charge in [-0.15, -0.1) is 0 Å². The molecule has 2 rings (SSSR count). The Hall–Kier alpha value is -0.760. The molecular weight excluding hydrogens is 190 g/mol. The number of thioether (sulfide) groups is 1. The molecule has 0 saturated heterocycles. The second kappa shape index (κ2) is 3.13. The SMILES string of the molecule is CSC1=[N+](C)c2ccccc2C1(C)C. The van der Waals surface area contributed by atoms with Gasteiger partial charge in [-0.2, -0.15) is 4.58 Å². The van der Waals surface area contributed by atoms with Crippen LogP contribution in [-0.2, 0) is 5.41 Å². The molecule has 2 heteroatoms. The molecule has 0 radical (unpaired) electrons. The third kappa shape index (κ3) is 1.13. The fourth-order valence-electron chi connectivity index (χ4n) is 2.33. The second-order valence-electron chi connectivity index (χ2n) is 4.21. The van der Waals surface area contributed by atoms with Crippen molar-refractivity contribution in [2.75, 3.05) is 13.3 Å². The van der Waals surface area contributed by atoms with E-state index >= 15 is 0 Å². The molecule has 0 fully saturated rings. The molecule has 0 unspecified atom stereocenters. The molecule has 14 heavy (non-hydrogen) atoms. The summed E-state index contributed by atoms with van der Waals surface area (Å²) in [5.74, 6) is 0. The van der Waals surface area contributed by atoms with Crippen molar-refractivity contribution in [1.29, 1.82) is 0 Å². The van der Waals surface area contributed by atoms with E-state index in [0.717, 1.165) is 0 Å². The summed E-state index contributed by atoms with van der Waals surface area (Å²) in [6.45, 7) is 4.59. The topological polar surface area (TPSA) is 3.01 Å². The van der Waals surface area contributed by atoms with Gasteiger partial charge in [-0.1, -0.05) is 30.0 Å². The number of hydrogen-bond donors (Lipinski definition) is 0. The largest absolute Gasteiger partial charge is 0.226 e. The van der Waals surface area contributed by atoms with Crippen LogP contribution in [0.5, 0.6) is 0 Å². The van der Waals surface area contributed by atoms with E-state index in [0.29, 0.717) is 0 Å². The van der Waals surface area contributed by atoms with E-state index < -0.39 is 0 Å². The molecule has 74 valence electrons. The van der Waals surface area contributed by atoms with E-state index in [1.54, 1.807) is 0 Å². The molecule has 0 atom stereocenters. The molecule has 1 aliphatic rings.